The quantitative estimate of drug-likeness (QED) is 0.827. The third-order valence-corrected chi connectivity index (χ3v) is 3.22. The first-order chi connectivity index (χ1) is 9.19. The fourth-order valence-corrected chi connectivity index (χ4v) is 1.90. The third-order valence-electron chi connectivity index (χ3n) is 2.85. The fraction of sp³-hybridized carbons (Fsp3) is 0.357. The van der Waals surface area contributed by atoms with Gasteiger partial charge in [0, 0.05) is 25.7 Å². The summed E-state index contributed by atoms with van der Waals surface area (Å²) >= 11 is 5.94. The maximum Gasteiger partial charge on any atom is 0.119 e. The normalized spacial score (nSPS) is 10.7. The summed E-state index contributed by atoms with van der Waals surface area (Å²) < 4.78 is 7.50. The maximum atomic E-state index is 5.94. The number of ether oxygens (including phenoxy) is 1. The number of hydrogen-bond donors (Lipinski definition) is 1. The molecule has 0 amide bonds. The number of hydrogen-bond acceptors (Lipinski definition) is 3. The van der Waals surface area contributed by atoms with Crippen LogP contribution in [0.1, 0.15) is 17.7 Å². The van der Waals surface area contributed by atoms with Crippen molar-refractivity contribution in [3.8, 4) is 5.75 Å². The Labute approximate surface area is 118 Å². The van der Waals surface area contributed by atoms with Crippen LogP contribution in [0.3, 0.4) is 0 Å². The summed E-state index contributed by atoms with van der Waals surface area (Å²) in [6, 6.07) is 7.84. The van der Waals surface area contributed by atoms with Crippen LogP contribution in [0.15, 0.2) is 30.5 Å². The zero-order valence-electron chi connectivity index (χ0n) is 11.0. The molecule has 0 bridgehead atoms. The monoisotopic (exact) mass is 279 g/mol. The molecule has 4 nitrogen and oxygen atoms in total. The third kappa shape index (κ3) is 3.98. The van der Waals surface area contributed by atoms with Crippen molar-refractivity contribution in [2.75, 3.05) is 6.61 Å². The topological polar surface area (TPSA) is 53.1 Å². The van der Waals surface area contributed by atoms with Crippen LogP contribution in [0.5, 0.6) is 5.75 Å². The van der Waals surface area contributed by atoms with Crippen LogP contribution in [0.4, 0.5) is 0 Å². The largest absolute Gasteiger partial charge is 0.494 e. The summed E-state index contributed by atoms with van der Waals surface area (Å²) in [6.07, 6.45) is 2.73. The summed E-state index contributed by atoms with van der Waals surface area (Å²) in [5, 5.41) is 5.00. The van der Waals surface area contributed by atoms with E-state index in [1.54, 1.807) is 0 Å². The van der Waals surface area contributed by atoms with E-state index >= 15 is 0 Å². The van der Waals surface area contributed by atoms with Crippen molar-refractivity contribution in [2.24, 2.45) is 5.73 Å². The second-order valence-electron chi connectivity index (χ2n) is 4.38. The zero-order chi connectivity index (χ0) is 13.7. The Morgan fingerprint density at radius 3 is 2.63 bits per heavy atom. The molecule has 0 spiro atoms. The van der Waals surface area contributed by atoms with E-state index in [4.69, 9.17) is 22.1 Å². The van der Waals surface area contributed by atoms with Gasteiger partial charge in [-0.05, 0) is 24.6 Å². The Hall–Kier alpha value is -1.52. The Morgan fingerprint density at radius 2 is 2.05 bits per heavy atom. The van der Waals surface area contributed by atoms with Gasteiger partial charge in [0.1, 0.15) is 5.75 Å². The molecule has 0 aliphatic carbocycles. The van der Waals surface area contributed by atoms with Crippen molar-refractivity contribution < 1.29 is 4.74 Å². The van der Waals surface area contributed by atoms with Gasteiger partial charge in [0.05, 0.1) is 17.3 Å². The van der Waals surface area contributed by atoms with E-state index in [0.29, 0.717) is 18.2 Å². The Balaban J connectivity index is 1.74. The molecule has 102 valence electrons. The molecule has 0 saturated heterocycles. The molecule has 0 aliphatic rings. The van der Waals surface area contributed by atoms with Crippen LogP contribution >= 0.6 is 11.6 Å². The molecule has 0 unspecified atom stereocenters. The van der Waals surface area contributed by atoms with Crippen LogP contribution in [0.2, 0.25) is 5.02 Å². The van der Waals surface area contributed by atoms with Gasteiger partial charge in [0.15, 0.2) is 0 Å². The van der Waals surface area contributed by atoms with Crippen molar-refractivity contribution in [2.45, 2.75) is 26.4 Å². The van der Waals surface area contributed by atoms with E-state index in [1.165, 1.54) is 0 Å². The highest BCUT2D eigenvalue weighted by molar-refractivity contribution is 6.31. The number of rotatable bonds is 6. The van der Waals surface area contributed by atoms with Crippen molar-refractivity contribution >= 4 is 11.6 Å². The summed E-state index contributed by atoms with van der Waals surface area (Å²) in [6.45, 7) is 3.90. The summed E-state index contributed by atoms with van der Waals surface area (Å²) in [7, 11) is 0. The lowest BCUT2D eigenvalue weighted by Gasteiger charge is -2.07. The predicted molar refractivity (Wildman–Crippen MR) is 76.4 cm³/mol. The van der Waals surface area contributed by atoms with Crippen LogP contribution < -0.4 is 10.5 Å². The molecule has 0 saturated carbocycles. The van der Waals surface area contributed by atoms with E-state index in [0.717, 1.165) is 30.0 Å². The lowest BCUT2D eigenvalue weighted by atomic mass is 10.2. The first-order valence-corrected chi connectivity index (χ1v) is 6.68. The standard InChI is InChI=1S/C14H18ClN3O/c1-11-14(15)10-18(17-11)7-2-8-19-13-5-3-12(9-16)4-6-13/h3-6,10H,2,7-9,16H2,1H3. The zero-order valence-corrected chi connectivity index (χ0v) is 11.7. The number of halogens is 1. The highest BCUT2D eigenvalue weighted by Crippen LogP contribution is 2.13. The van der Waals surface area contributed by atoms with Gasteiger partial charge in [-0.25, -0.2) is 0 Å². The lowest BCUT2D eigenvalue weighted by Crippen LogP contribution is -2.05. The highest BCUT2D eigenvalue weighted by atomic mass is 35.5. The highest BCUT2D eigenvalue weighted by Gasteiger charge is 2.01. The van der Waals surface area contributed by atoms with Crippen molar-refractivity contribution in [3.05, 3.63) is 46.7 Å². The number of nitrogens with two attached hydrogens (primary N) is 1. The van der Waals surface area contributed by atoms with Gasteiger partial charge < -0.3 is 10.5 Å². The van der Waals surface area contributed by atoms with Crippen LogP contribution in [0, 0.1) is 6.92 Å². The predicted octanol–water partition coefficient (Wildman–Crippen LogP) is 2.77. The van der Waals surface area contributed by atoms with Gasteiger partial charge in [-0.2, -0.15) is 5.10 Å². The minimum absolute atomic E-state index is 0.555. The molecule has 1 aromatic carbocycles. The molecule has 0 radical (unpaired) electrons. The van der Waals surface area contributed by atoms with Gasteiger partial charge in [0.2, 0.25) is 0 Å². The molecule has 1 heterocycles. The smallest absolute Gasteiger partial charge is 0.119 e. The fourth-order valence-electron chi connectivity index (χ4n) is 1.75. The van der Waals surface area contributed by atoms with Gasteiger partial charge >= 0.3 is 0 Å². The number of aromatic nitrogens is 2. The molecule has 2 rings (SSSR count). The minimum atomic E-state index is 0.555. The average Bonchev–Trinajstić information content (AvgIpc) is 2.74. The molecule has 0 fully saturated rings. The molecular formula is C14H18ClN3O. The Bertz CT molecular complexity index is 502. The number of aryl methyl sites for hydroxylation is 2. The van der Waals surface area contributed by atoms with Crippen molar-refractivity contribution in [3.63, 3.8) is 0 Å². The van der Waals surface area contributed by atoms with E-state index in [9.17, 15) is 0 Å². The van der Waals surface area contributed by atoms with Crippen LogP contribution in [-0.4, -0.2) is 16.4 Å². The lowest BCUT2D eigenvalue weighted by molar-refractivity contribution is 0.298. The van der Waals surface area contributed by atoms with Gasteiger partial charge in [-0.3, -0.25) is 4.68 Å². The molecule has 0 aliphatic heterocycles. The Kier molecular flexibility index (Phi) is 4.82. The first-order valence-electron chi connectivity index (χ1n) is 6.30. The van der Waals surface area contributed by atoms with Crippen LogP contribution in [0.25, 0.3) is 0 Å². The molecule has 5 heteroatoms. The van der Waals surface area contributed by atoms with E-state index < -0.39 is 0 Å². The molecule has 2 N–H and O–H groups in total. The number of benzene rings is 1. The van der Waals surface area contributed by atoms with E-state index in [-0.39, 0.29) is 0 Å². The van der Waals surface area contributed by atoms with Crippen molar-refractivity contribution in [1.29, 1.82) is 0 Å². The molecular weight excluding hydrogens is 262 g/mol. The van der Waals surface area contributed by atoms with Gasteiger partial charge in [0.25, 0.3) is 0 Å². The summed E-state index contributed by atoms with van der Waals surface area (Å²) in [5.74, 6) is 0.867. The van der Waals surface area contributed by atoms with E-state index in [2.05, 4.69) is 5.10 Å². The summed E-state index contributed by atoms with van der Waals surface area (Å²) in [4.78, 5) is 0. The average molecular weight is 280 g/mol. The van der Waals surface area contributed by atoms with Gasteiger partial charge in [-0.1, -0.05) is 23.7 Å². The summed E-state index contributed by atoms with van der Waals surface area (Å²) in [5.41, 5.74) is 7.51. The molecule has 2 aromatic rings. The maximum absolute atomic E-state index is 5.94. The van der Waals surface area contributed by atoms with Crippen LogP contribution in [-0.2, 0) is 13.1 Å². The first kappa shape index (κ1) is 13.9. The van der Waals surface area contributed by atoms with E-state index in [1.807, 2.05) is 42.1 Å². The SMILES string of the molecule is Cc1nn(CCCOc2ccc(CN)cc2)cc1Cl. The van der Waals surface area contributed by atoms with Gasteiger partial charge in [-0.15, -0.1) is 0 Å². The minimum Gasteiger partial charge on any atom is -0.494 e. The second-order valence-corrected chi connectivity index (χ2v) is 4.78. The second kappa shape index (κ2) is 6.59. The molecule has 0 atom stereocenters. The van der Waals surface area contributed by atoms with Crippen molar-refractivity contribution in [1.82, 2.24) is 9.78 Å². The molecule has 19 heavy (non-hydrogen) atoms. The number of nitrogens with zero attached hydrogens (tertiary/aromatic N) is 2. The molecule has 1 aromatic heterocycles. The Morgan fingerprint density at radius 1 is 1.32 bits per heavy atom.